The molecule has 0 bridgehead atoms. The van der Waals surface area contributed by atoms with Gasteiger partial charge in [0.1, 0.15) is 0 Å². The molecule has 0 heterocycles. The first kappa shape index (κ1) is 10.7. The molecule has 2 N–H and O–H groups in total. The van der Waals surface area contributed by atoms with Gasteiger partial charge >= 0.3 is 0 Å². The van der Waals surface area contributed by atoms with Crippen molar-refractivity contribution in [1.29, 1.82) is 0 Å². The van der Waals surface area contributed by atoms with Crippen molar-refractivity contribution in [1.82, 2.24) is 5.32 Å². The number of hydrogen-bond acceptors (Lipinski definition) is 2. The second kappa shape index (κ2) is 5.40. The van der Waals surface area contributed by atoms with Crippen LogP contribution in [0, 0.1) is 0 Å². The summed E-state index contributed by atoms with van der Waals surface area (Å²) in [5, 5.41) is 11.7. The lowest BCUT2D eigenvalue weighted by atomic mass is 10.0. The topological polar surface area (TPSA) is 49.3 Å². The van der Waals surface area contributed by atoms with Gasteiger partial charge in [-0.2, -0.15) is 0 Å². The van der Waals surface area contributed by atoms with Gasteiger partial charge in [-0.15, -0.1) is 0 Å². The maximum Gasteiger partial charge on any atom is 0.217 e. The summed E-state index contributed by atoms with van der Waals surface area (Å²) in [5.41, 5.74) is 1.02. The van der Waals surface area contributed by atoms with E-state index in [0.29, 0.717) is 6.42 Å². The molecule has 0 saturated heterocycles. The van der Waals surface area contributed by atoms with E-state index in [1.165, 1.54) is 6.92 Å². The number of aliphatic hydroxyl groups is 1. The Bertz CT molecular complexity index is 285. The monoisotopic (exact) mass is 193 g/mol. The molecule has 1 amide bonds. The number of carbonyl (C=O) groups excluding carboxylic acids is 1. The second-order valence-electron chi connectivity index (χ2n) is 3.18. The Labute approximate surface area is 83.8 Å². The minimum Gasteiger partial charge on any atom is -0.396 e. The first-order valence-corrected chi connectivity index (χ1v) is 4.67. The number of hydrogen-bond donors (Lipinski definition) is 2. The molecular weight excluding hydrogens is 178 g/mol. The van der Waals surface area contributed by atoms with Crippen molar-refractivity contribution in [2.45, 2.75) is 19.4 Å². The third kappa shape index (κ3) is 3.18. The van der Waals surface area contributed by atoms with Gasteiger partial charge in [0.05, 0.1) is 6.04 Å². The molecule has 1 unspecified atom stereocenters. The van der Waals surface area contributed by atoms with Gasteiger partial charge in [-0.3, -0.25) is 4.79 Å². The van der Waals surface area contributed by atoms with E-state index in [1.54, 1.807) is 0 Å². The van der Waals surface area contributed by atoms with Gasteiger partial charge < -0.3 is 10.4 Å². The summed E-state index contributed by atoms with van der Waals surface area (Å²) in [7, 11) is 0. The summed E-state index contributed by atoms with van der Waals surface area (Å²) in [6, 6.07) is 9.56. The fourth-order valence-electron chi connectivity index (χ4n) is 1.38. The van der Waals surface area contributed by atoms with Crippen molar-refractivity contribution in [2.75, 3.05) is 6.61 Å². The zero-order valence-electron chi connectivity index (χ0n) is 8.23. The van der Waals surface area contributed by atoms with Crippen molar-refractivity contribution >= 4 is 5.91 Å². The van der Waals surface area contributed by atoms with Crippen molar-refractivity contribution in [3.05, 3.63) is 35.9 Å². The maximum atomic E-state index is 10.9. The summed E-state index contributed by atoms with van der Waals surface area (Å²) in [4.78, 5) is 10.9. The molecule has 1 aromatic carbocycles. The average Bonchev–Trinajstić information content (AvgIpc) is 2.18. The lowest BCUT2D eigenvalue weighted by Crippen LogP contribution is -2.26. The highest BCUT2D eigenvalue weighted by Crippen LogP contribution is 2.15. The molecule has 0 fully saturated rings. The highest BCUT2D eigenvalue weighted by molar-refractivity contribution is 5.73. The Kier molecular flexibility index (Phi) is 4.13. The summed E-state index contributed by atoms with van der Waals surface area (Å²) in [5.74, 6) is -0.0766. The van der Waals surface area contributed by atoms with E-state index in [2.05, 4.69) is 5.32 Å². The van der Waals surface area contributed by atoms with E-state index in [-0.39, 0.29) is 18.6 Å². The molecule has 0 aliphatic heterocycles. The third-order valence-electron chi connectivity index (χ3n) is 2.00. The van der Waals surface area contributed by atoms with Crippen LogP contribution in [0.3, 0.4) is 0 Å². The largest absolute Gasteiger partial charge is 0.396 e. The smallest absolute Gasteiger partial charge is 0.217 e. The van der Waals surface area contributed by atoms with Crippen LogP contribution in [0.15, 0.2) is 30.3 Å². The van der Waals surface area contributed by atoms with Crippen LogP contribution >= 0.6 is 0 Å². The molecule has 1 aromatic rings. The number of aliphatic hydroxyl groups excluding tert-OH is 1. The minimum absolute atomic E-state index is 0.0693. The molecule has 14 heavy (non-hydrogen) atoms. The molecule has 3 nitrogen and oxygen atoms in total. The van der Waals surface area contributed by atoms with Crippen molar-refractivity contribution < 1.29 is 9.90 Å². The Balaban J connectivity index is 2.72. The Morgan fingerprint density at radius 1 is 1.43 bits per heavy atom. The summed E-state index contributed by atoms with van der Waals surface area (Å²) in [6.07, 6.45) is 0.545. The lowest BCUT2D eigenvalue weighted by Gasteiger charge is -2.16. The third-order valence-corrected chi connectivity index (χ3v) is 2.00. The van der Waals surface area contributed by atoms with Crippen molar-refractivity contribution in [3.63, 3.8) is 0 Å². The number of amides is 1. The maximum absolute atomic E-state index is 10.9. The number of carbonyl (C=O) groups is 1. The predicted molar refractivity (Wildman–Crippen MR) is 54.7 cm³/mol. The van der Waals surface area contributed by atoms with Crippen molar-refractivity contribution in [3.8, 4) is 0 Å². The van der Waals surface area contributed by atoms with E-state index in [9.17, 15) is 4.79 Å². The fraction of sp³-hybridized carbons (Fsp3) is 0.364. The van der Waals surface area contributed by atoms with Crippen LogP contribution in [0.25, 0.3) is 0 Å². The van der Waals surface area contributed by atoms with E-state index in [1.807, 2.05) is 30.3 Å². The van der Waals surface area contributed by atoms with Gasteiger partial charge in [-0.1, -0.05) is 30.3 Å². The number of nitrogens with one attached hydrogen (secondary N) is 1. The van der Waals surface area contributed by atoms with Gasteiger partial charge in [-0.25, -0.2) is 0 Å². The second-order valence-corrected chi connectivity index (χ2v) is 3.18. The molecule has 0 aliphatic carbocycles. The van der Waals surface area contributed by atoms with Crippen LogP contribution in [0.4, 0.5) is 0 Å². The van der Waals surface area contributed by atoms with Crippen LogP contribution < -0.4 is 5.32 Å². The van der Waals surface area contributed by atoms with E-state index < -0.39 is 0 Å². The van der Waals surface area contributed by atoms with Gasteiger partial charge in [0.15, 0.2) is 0 Å². The summed E-state index contributed by atoms with van der Waals surface area (Å²) in [6.45, 7) is 1.55. The lowest BCUT2D eigenvalue weighted by molar-refractivity contribution is -0.119. The zero-order valence-corrected chi connectivity index (χ0v) is 8.23. The van der Waals surface area contributed by atoms with E-state index >= 15 is 0 Å². The van der Waals surface area contributed by atoms with E-state index in [4.69, 9.17) is 5.11 Å². The van der Waals surface area contributed by atoms with Crippen LogP contribution in [0.1, 0.15) is 24.9 Å². The average molecular weight is 193 g/mol. The first-order chi connectivity index (χ1) is 6.74. The SMILES string of the molecule is CC(=O)NC(CCO)c1ccccc1. The molecule has 1 atom stereocenters. The fourth-order valence-corrected chi connectivity index (χ4v) is 1.38. The van der Waals surface area contributed by atoms with Crippen LogP contribution in [-0.2, 0) is 4.79 Å². The molecule has 1 rings (SSSR count). The van der Waals surface area contributed by atoms with Gasteiger partial charge in [0.25, 0.3) is 0 Å². The summed E-state index contributed by atoms with van der Waals surface area (Å²) < 4.78 is 0. The molecule has 0 aliphatic rings. The van der Waals surface area contributed by atoms with Gasteiger partial charge in [0, 0.05) is 13.5 Å². The Hall–Kier alpha value is -1.35. The zero-order chi connectivity index (χ0) is 10.4. The predicted octanol–water partition coefficient (Wildman–Crippen LogP) is 1.25. The molecule has 0 radical (unpaired) electrons. The highest BCUT2D eigenvalue weighted by Gasteiger charge is 2.10. The molecule has 0 saturated carbocycles. The van der Waals surface area contributed by atoms with Crippen molar-refractivity contribution in [2.24, 2.45) is 0 Å². The normalized spacial score (nSPS) is 12.1. The molecule has 0 aromatic heterocycles. The highest BCUT2D eigenvalue weighted by atomic mass is 16.3. The quantitative estimate of drug-likeness (QED) is 0.756. The molecule has 3 heteroatoms. The molecule has 0 spiro atoms. The van der Waals surface area contributed by atoms with E-state index in [0.717, 1.165) is 5.56 Å². The standard InChI is InChI=1S/C11H15NO2/c1-9(14)12-11(7-8-13)10-5-3-2-4-6-10/h2-6,11,13H,7-8H2,1H3,(H,12,14). The van der Waals surface area contributed by atoms with Crippen LogP contribution in [0.2, 0.25) is 0 Å². The Morgan fingerprint density at radius 2 is 2.07 bits per heavy atom. The molecular formula is C11H15NO2. The number of benzene rings is 1. The first-order valence-electron chi connectivity index (χ1n) is 4.67. The van der Waals surface area contributed by atoms with Gasteiger partial charge in [-0.05, 0) is 12.0 Å². The number of rotatable bonds is 4. The van der Waals surface area contributed by atoms with Crippen LogP contribution in [0.5, 0.6) is 0 Å². The minimum atomic E-state index is -0.0845. The Morgan fingerprint density at radius 3 is 2.57 bits per heavy atom. The summed E-state index contributed by atoms with van der Waals surface area (Å²) >= 11 is 0. The van der Waals surface area contributed by atoms with Gasteiger partial charge in [0.2, 0.25) is 5.91 Å². The van der Waals surface area contributed by atoms with Crippen LogP contribution in [-0.4, -0.2) is 17.6 Å². The molecule has 76 valence electrons.